The largest absolute Gasteiger partial charge is 0.468 e. The highest BCUT2D eigenvalue weighted by Gasteiger charge is 2.33. The third-order valence-electron chi connectivity index (χ3n) is 1.77. The molecule has 1 heterocycles. The molecule has 0 fully saturated rings. The summed E-state index contributed by atoms with van der Waals surface area (Å²) in [5.41, 5.74) is -1.14. The van der Waals surface area contributed by atoms with Crippen LogP contribution in [0.5, 0.6) is 5.88 Å². The standard InChI is InChI=1S/C9H8F6N2O/c1-16-6-2-5(9(13,14)15)3-7(17-6)18-4-8(10,11)12/h2-3H,4H2,1H3,(H,16,17). The molecule has 1 rings (SSSR count). The van der Waals surface area contributed by atoms with Gasteiger partial charge in [-0.05, 0) is 6.07 Å². The molecule has 0 spiro atoms. The van der Waals surface area contributed by atoms with Gasteiger partial charge >= 0.3 is 12.4 Å². The molecule has 1 aromatic rings. The molecule has 0 aliphatic heterocycles. The summed E-state index contributed by atoms with van der Waals surface area (Å²) in [6, 6.07) is 1.08. The zero-order valence-corrected chi connectivity index (χ0v) is 8.99. The van der Waals surface area contributed by atoms with Crippen molar-refractivity contribution < 1.29 is 31.1 Å². The summed E-state index contributed by atoms with van der Waals surface area (Å²) in [5, 5.41) is 2.30. The van der Waals surface area contributed by atoms with Crippen LogP contribution in [0, 0.1) is 0 Å². The van der Waals surface area contributed by atoms with Gasteiger partial charge in [0.25, 0.3) is 0 Å². The molecule has 0 radical (unpaired) electrons. The zero-order chi connectivity index (χ0) is 14.0. The summed E-state index contributed by atoms with van der Waals surface area (Å²) in [6.07, 6.45) is -9.33. The van der Waals surface area contributed by atoms with Gasteiger partial charge in [0.1, 0.15) is 5.82 Å². The Bertz CT molecular complexity index is 414. The number of alkyl halides is 6. The third kappa shape index (κ3) is 4.30. The van der Waals surface area contributed by atoms with Gasteiger partial charge in [-0.15, -0.1) is 0 Å². The van der Waals surface area contributed by atoms with Crippen molar-refractivity contribution in [1.29, 1.82) is 0 Å². The molecule has 1 aromatic heterocycles. The quantitative estimate of drug-likeness (QED) is 0.860. The molecule has 1 N–H and O–H groups in total. The van der Waals surface area contributed by atoms with E-state index in [9.17, 15) is 26.3 Å². The summed E-state index contributed by atoms with van der Waals surface area (Å²) in [4.78, 5) is 3.44. The van der Waals surface area contributed by atoms with Crippen LogP contribution in [0.1, 0.15) is 5.56 Å². The number of pyridine rings is 1. The number of nitrogens with one attached hydrogen (secondary N) is 1. The number of nitrogens with zero attached hydrogens (tertiary/aromatic N) is 1. The molecular weight excluding hydrogens is 266 g/mol. The zero-order valence-electron chi connectivity index (χ0n) is 8.99. The van der Waals surface area contributed by atoms with Crippen LogP contribution < -0.4 is 10.1 Å². The Hall–Kier alpha value is -1.67. The fraction of sp³-hybridized carbons (Fsp3) is 0.444. The number of ether oxygens (including phenoxy) is 1. The summed E-state index contributed by atoms with van der Waals surface area (Å²) < 4.78 is 77.1. The monoisotopic (exact) mass is 274 g/mol. The number of anilines is 1. The van der Waals surface area contributed by atoms with Crippen molar-refractivity contribution in [2.75, 3.05) is 19.0 Å². The van der Waals surface area contributed by atoms with Crippen LogP contribution in [0.4, 0.5) is 32.2 Å². The topological polar surface area (TPSA) is 34.1 Å². The Labute approximate surface area is 97.8 Å². The molecule has 9 heteroatoms. The molecular formula is C9H8F6N2O. The highest BCUT2D eigenvalue weighted by Crippen LogP contribution is 2.32. The van der Waals surface area contributed by atoms with Crippen molar-refractivity contribution in [1.82, 2.24) is 4.98 Å². The first-order valence-electron chi connectivity index (χ1n) is 4.58. The predicted molar refractivity (Wildman–Crippen MR) is 50.3 cm³/mol. The lowest BCUT2D eigenvalue weighted by Crippen LogP contribution is -2.20. The molecule has 0 aliphatic rings. The second kappa shape index (κ2) is 4.91. The van der Waals surface area contributed by atoms with Gasteiger partial charge in [0.05, 0.1) is 5.56 Å². The first-order valence-corrected chi connectivity index (χ1v) is 4.58. The summed E-state index contributed by atoms with van der Waals surface area (Å²) >= 11 is 0. The maximum absolute atomic E-state index is 12.4. The van der Waals surface area contributed by atoms with Gasteiger partial charge < -0.3 is 10.1 Å². The second-order valence-corrected chi connectivity index (χ2v) is 3.23. The normalized spacial score (nSPS) is 12.4. The molecule has 0 aliphatic carbocycles. The van der Waals surface area contributed by atoms with E-state index in [1.165, 1.54) is 7.05 Å². The van der Waals surface area contributed by atoms with Crippen molar-refractivity contribution in [3.8, 4) is 5.88 Å². The minimum Gasteiger partial charge on any atom is -0.468 e. The number of rotatable bonds is 3. The van der Waals surface area contributed by atoms with Crippen LogP contribution in [0.2, 0.25) is 0 Å². The number of hydrogen-bond donors (Lipinski definition) is 1. The Morgan fingerprint density at radius 2 is 1.78 bits per heavy atom. The van der Waals surface area contributed by atoms with E-state index < -0.39 is 30.4 Å². The maximum atomic E-state index is 12.4. The number of aromatic nitrogens is 1. The van der Waals surface area contributed by atoms with E-state index in [2.05, 4.69) is 15.0 Å². The smallest absolute Gasteiger partial charge is 0.422 e. The van der Waals surface area contributed by atoms with Crippen molar-refractivity contribution in [3.63, 3.8) is 0 Å². The summed E-state index contributed by atoms with van der Waals surface area (Å²) in [5.74, 6) is -0.978. The van der Waals surface area contributed by atoms with Crippen LogP contribution in [0.25, 0.3) is 0 Å². The van der Waals surface area contributed by atoms with Gasteiger partial charge in [0.2, 0.25) is 5.88 Å². The predicted octanol–water partition coefficient (Wildman–Crippen LogP) is 3.08. The van der Waals surface area contributed by atoms with Gasteiger partial charge in [-0.3, -0.25) is 0 Å². The SMILES string of the molecule is CNc1cc(C(F)(F)F)cc(OCC(F)(F)F)n1. The van der Waals surface area contributed by atoms with Gasteiger partial charge in [0.15, 0.2) is 6.61 Å². The number of hydrogen-bond acceptors (Lipinski definition) is 3. The molecule has 0 amide bonds. The number of halogens is 6. The second-order valence-electron chi connectivity index (χ2n) is 3.23. The van der Waals surface area contributed by atoms with Crippen molar-refractivity contribution in [2.24, 2.45) is 0 Å². The highest BCUT2D eigenvalue weighted by molar-refractivity contribution is 5.42. The highest BCUT2D eigenvalue weighted by atomic mass is 19.4. The molecule has 0 saturated carbocycles. The minimum atomic E-state index is -4.69. The average Bonchev–Trinajstić information content (AvgIpc) is 2.24. The molecule has 0 bridgehead atoms. The molecule has 0 unspecified atom stereocenters. The summed E-state index contributed by atoms with van der Waals surface area (Å²) in [7, 11) is 1.29. The minimum absolute atomic E-state index is 0.234. The van der Waals surface area contributed by atoms with Gasteiger partial charge in [-0.1, -0.05) is 0 Å². The first kappa shape index (κ1) is 14.4. The Morgan fingerprint density at radius 3 is 2.22 bits per heavy atom. The Balaban J connectivity index is 2.98. The summed E-state index contributed by atoms with van der Waals surface area (Å²) in [6.45, 7) is -1.70. The van der Waals surface area contributed by atoms with Crippen LogP contribution in [-0.4, -0.2) is 24.8 Å². The van der Waals surface area contributed by atoms with E-state index in [-0.39, 0.29) is 5.82 Å². The van der Waals surface area contributed by atoms with Crippen LogP contribution in [-0.2, 0) is 6.18 Å². The van der Waals surface area contributed by atoms with Gasteiger partial charge in [-0.25, -0.2) is 0 Å². The lowest BCUT2D eigenvalue weighted by atomic mass is 10.2. The Morgan fingerprint density at radius 1 is 1.17 bits per heavy atom. The van der Waals surface area contributed by atoms with Crippen molar-refractivity contribution >= 4 is 5.82 Å². The average molecular weight is 274 g/mol. The third-order valence-corrected chi connectivity index (χ3v) is 1.77. The van der Waals surface area contributed by atoms with Crippen LogP contribution in [0.15, 0.2) is 12.1 Å². The van der Waals surface area contributed by atoms with Crippen molar-refractivity contribution in [2.45, 2.75) is 12.4 Å². The molecule has 0 aromatic carbocycles. The van der Waals surface area contributed by atoms with Gasteiger partial charge in [-0.2, -0.15) is 31.3 Å². The molecule has 18 heavy (non-hydrogen) atoms. The molecule has 0 saturated heterocycles. The van der Waals surface area contributed by atoms with Gasteiger partial charge in [0, 0.05) is 13.1 Å². The van der Waals surface area contributed by atoms with Crippen LogP contribution in [0.3, 0.4) is 0 Å². The molecule has 0 atom stereocenters. The Kier molecular flexibility index (Phi) is 3.92. The fourth-order valence-electron chi connectivity index (χ4n) is 1.03. The van der Waals surface area contributed by atoms with E-state index in [0.717, 1.165) is 0 Å². The molecule has 102 valence electrons. The molecule has 3 nitrogen and oxygen atoms in total. The lowest BCUT2D eigenvalue weighted by molar-refractivity contribution is -0.154. The maximum Gasteiger partial charge on any atom is 0.422 e. The van der Waals surface area contributed by atoms with E-state index >= 15 is 0 Å². The van der Waals surface area contributed by atoms with E-state index in [0.29, 0.717) is 12.1 Å². The van der Waals surface area contributed by atoms with Crippen LogP contribution >= 0.6 is 0 Å². The van der Waals surface area contributed by atoms with E-state index in [1.54, 1.807) is 0 Å². The fourth-order valence-corrected chi connectivity index (χ4v) is 1.03. The first-order chi connectivity index (χ1) is 8.12. The van der Waals surface area contributed by atoms with E-state index in [4.69, 9.17) is 0 Å². The lowest BCUT2D eigenvalue weighted by Gasteiger charge is -2.12. The van der Waals surface area contributed by atoms with E-state index in [1.807, 2.05) is 0 Å². The van der Waals surface area contributed by atoms with Crippen molar-refractivity contribution in [3.05, 3.63) is 17.7 Å².